The number of carbonyl (C=O) groups is 1. The Balaban J connectivity index is 1.53. The molecule has 2 saturated heterocycles. The van der Waals surface area contributed by atoms with Gasteiger partial charge in [0.05, 0.1) is 10.6 Å². The number of alkyl halides is 1. The number of fused-ring (bicyclic) bond motifs is 1. The summed E-state index contributed by atoms with van der Waals surface area (Å²) >= 11 is 6.48. The first-order valence-corrected chi connectivity index (χ1v) is 12.9. The van der Waals surface area contributed by atoms with Crippen LogP contribution in [0, 0.1) is 11.6 Å². The second-order valence-corrected chi connectivity index (χ2v) is 10.4. The summed E-state index contributed by atoms with van der Waals surface area (Å²) < 4.78 is 44.6. The molecule has 3 aromatic rings. The van der Waals surface area contributed by atoms with Crippen molar-refractivity contribution in [3.05, 3.63) is 53.6 Å². The molecule has 0 unspecified atom stereocenters. The van der Waals surface area contributed by atoms with Crippen molar-refractivity contribution in [2.75, 3.05) is 62.6 Å². The van der Waals surface area contributed by atoms with Crippen LogP contribution in [0.1, 0.15) is 6.92 Å². The van der Waals surface area contributed by atoms with Gasteiger partial charge in [-0.05, 0) is 31.2 Å². The molecule has 0 atom stereocenters. The number of anilines is 2. The Hall–Kier alpha value is -3.57. The lowest BCUT2D eigenvalue weighted by molar-refractivity contribution is -0.126. The highest BCUT2D eigenvalue weighted by Gasteiger charge is 2.38. The second-order valence-electron chi connectivity index (χ2n) is 10.0. The number of likely N-dealkylation sites (tertiary alicyclic amines) is 1. The minimum Gasteiger partial charge on any atom is -0.507 e. The first kappa shape index (κ1) is 27.0. The lowest BCUT2D eigenvalue weighted by atomic mass is 9.99. The van der Waals surface area contributed by atoms with E-state index in [9.17, 15) is 18.7 Å². The van der Waals surface area contributed by atoms with E-state index in [1.807, 2.05) is 9.80 Å². The standard InChI is InChI=1S/C27H28ClF3N6O2/c1-3-20(39)36-9-11-37(12-10-36)25-16-13-17(28)21(22-18(29)5-4-6-19(22)38)23(30)24(16)33-26(34-25)32-7-8-35-14-27(2,31)15-35/h3-6,13,38H,1,7-12,14-15H2,2H3,(H,32,33,34). The maximum Gasteiger partial charge on any atom is 0.246 e. The average Bonchev–Trinajstić information content (AvgIpc) is 2.89. The van der Waals surface area contributed by atoms with Gasteiger partial charge >= 0.3 is 0 Å². The normalized spacial score (nSPS) is 17.3. The highest BCUT2D eigenvalue weighted by Crippen LogP contribution is 2.42. The monoisotopic (exact) mass is 560 g/mol. The zero-order valence-electron chi connectivity index (χ0n) is 21.4. The number of aromatic hydroxyl groups is 1. The van der Waals surface area contributed by atoms with Gasteiger partial charge in [0.2, 0.25) is 11.9 Å². The van der Waals surface area contributed by atoms with Gasteiger partial charge < -0.3 is 20.2 Å². The number of carbonyl (C=O) groups excluding carboxylic acids is 1. The van der Waals surface area contributed by atoms with Gasteiger partial charge in [-0.25, -0.2) is 18.2 Å². The number of phenols is 1. The molecular weight excluding hydrogens is 533 g/mol. The number of amides is 1. The summed E-state index contributed by atoms with van der Waals surface area (Å²) in [6.45, 7) is 8.32. The summed E-state index contributed by atoms with van der Waals surface area (Å²) in [4.78, 5) is 26.6. The fraction of sp³-hybridized carbons (Fsp3) is 0.370. The molecule has 2 aliphatic rings. The summed E-state index contributed by atoms with van der Waals surface area (Å²) in [7, 11) is 0. The summed E-state index contributed by atoms with van der Waals surface area (Å²) in [6, 6.07) is 5.13. The van der Waals surface area contributed by atoms with Crippen LogP contribution in [0.3, 0.4) is 0 Å². The van der Waals surface area contributed by atoms with Gasteiger partial charge in [-0.15, -0.1) is 0 Å². The van der Waals surface area contributed by atoms with Gasteiger partial charge in [-0.1, -0.05) is 24.2 Å². The molecule has 1 amide bonds. The number of piperazine rings is 1. The van der Waals surface area contributed by atoms with Gasteiger partial charge in [0.1, 0.15) is 28.6 Å². The third kappa shape index (κ3) is 5.33. The fourth-order valence-corrected chi connectivity index (χ4v) is 5.41. The molecule has 39 heavy (non-hydrogen) atoms. The Bertz CT molecular complexity index is 1420. The number of nitrogens with zero attached hydrogens (tertiary/aromatic N) is 5. The van der Waals surface area contributed by atoms with Crippen LogP contribution in [0.4, 0.5) is 24.9 Å². The molecule has 206 valence electrons. The van der Waals surface area contributed by atoms with E-state index in [1.54, 1.807) is 11.8 Å². The van der Waals surface area contributed by atoms with Gasteiger partial charge in [0.25, 0.3) is 0 Å². The summed E-state index contributed by atoms with van der Waals surface area (Å²) in [5.74, 6) is -1.83. The molecule has 12 heteroatoms. The number of nitrogens with one attached hydrogen (secondary N) is 1. The van der Waals surface area contributed by atoms with E-state index in [0.717, 1.165) is 6.07 Å². The highest BCUT2D eigenvalue weighted by atomic mass is 35.5. The number of hydrogen-bond acceptors (Lipinski definition) is 7. The molecule has 0 saturated carbocycles. The van der Waals surface area contributed by atoms with Crippen molar-refractivity contribution in [3.63, 3.8) is 0 Å². The Labute approximate surface area is 228 Å². The fourth-order valence-electron chi connectivity index (χ4n) is 5.13. The molecule has 1 aromatic heterocycles. The molecule has 5 rings (SSSR count). The number of hydrogen-bond donors (Lipinski definition) is 2. The SMILES string of the molecule is C=CC(=O)N1CCN(c2nc(NCCN3CC(C)(F)C3)nc3c(F)c(-c4c(O)cccc4F)c(Cl)cc23)CC1. The van der Waals surface area contributed by atoms with E-state index in [4.69, 9.17) is 11.6 Å². The van der Waals surface area contributed by atoms with Crippen LogP contribution in [0.15, 0.2) is 36.9 Å². The van der Waals surface area contributed by atoms with E-state index in [-0.39, 0.29) is 33.5 Å². The smallest absolute Gasteiger partial charge is 0.246 e. The second kappa shape index (κ2) is 10.5. The molecule has 2 aromatic carbocycles. The van der Waals surface area contributed by atoms with Crippen molar-refractivity contribution in [3.8, 4) is 16.9 Å². The molecular formula is C27H28ClF3N6O2. The van der Waals surface area contributed by atoms with Crippen LogP contribution in [0.5, 0.6) is 5.75 Å². The maximum atomic E-state index is 16.1. The summed E-state index contributed by atoms with van der Waals surface area (Å²) in [6.07, 6.45) is 1.26. The molecule has 0 bridgehead atoms. The highest BCUT2D eigenvalue weighted by molar-refractivity contribution is 6.34. The Morgan fingerprint density at radius 3 is 2.56 bits per heavy atom. The number of phenolic OH excluding ortho intramolecular Hbond substituents is 1. The van der Waals surface area contributed by atoms with Crippen LogP contribution < -0.4 is 10.2 Å². The van der Waals surface area contributed by atoms with E-state index in [2.05, 4.69) is 21.9 Å². The third-order valence-corrected chi connectivity index (χ3v) is 7.29. The van der Waals surface area contributed by atoms with Crippen LogP contribution in [0.2, 0.25) is 5.02 Å². The largest absolute Gasteiger partial charge is 0.507 e. The quantitative estimate of drug-likeness (QED) is 0.419. The number of rotatable bonds is 7. The summed E-state index contributed by atoms with van der Waals surface area (Å²) in [5, 5.41) is 13.6. The minimum absolute atomic E-state index is 0.102. The van der Waals surface area contributed by atoms with E-state index in [0.29, 0.717) is 63.6 Å². The zero-order valence-corrected chi connectivity index (χ0v) is 22.1. The van der Waals surface area contributed by atoms with Crippen LogP contribution in [-0.2, 0) is 4.79 Å². The van der Waals surface area contributed by atoms with Gasteiger partial charge in [-0.2, -0.15) is 4.98 Å². The van der Waals surface area contributed by atoms with Gasteiger partial charge in [0.15, 0.2) is 5.82 Å². The lowest BCUT2D eigenvalue weighted by Gasteiger charge is -2.42. The van der Waals surface area contributed by atoms with Gasteiger partial charge in [-0.3, -0.25) is 9.69 Å². The van der Waals surface area contributed by atoms with Crippen molar-refractivity contribution in [2.45, 2.75) is 12.6 Å². The molecule has 2 aliphatic heterocycles. The van der Waals surface area contributed by atoms with E-state index < -0.39 is 23.1 Å². The minimum atomic E-state index is -1.20. The predicted molar refractivity (Wildman–Crippen MR) is 145 cm³/mol. The molecule has 0 spiro atoms. The van der Waals surface area contributed by atoms with Crippen LogP contribution in [-0.4, -0.2) is 88.8 Å². The van der Waals surface area contributed by atoms with Crippen LogP contribution >= 0.6 is 11.6 Å². The lowest BCUT2D eigenvalue weighted by Crippen LogP contribution is -2.57. The predicted octanol–water partition coefficient (Wildman–Crippen LogP) is 4.22. The van der Waals surface area contributed by atoms with Gasteiger partial charge in [0, 0.05) is 63.3 Å². The Kier molecular flexibility index (Phi) is 7.30. The molecule has 0 aliphatic carbocycles. The van der Waals surface area contributed by atoms with E-state index >= 15 is 4.39 Å². The third-order valence-electron chi connectivity index (χ3n) is 6.99. The first-order chi connectivity index (χ1) is 18.6. The molecule has 0 radical (unpaired) electrons. The Morgan fingerprint density at radius 2 is 1.92 bits per heavy atom. The molecule has 2 fully saturated rings. The van der Waals surface area contributed by atoms with Crippen molar-refractivity contribution in [2.24, 2.45) is 0 Å². The number of aromatic nitrogens is 2. The van der Waals surface area contributed by atoms with E-state index in [1.165, 1.54) is 24.3 Å². The maximum absolute atomic E-state index is 16.1. The Morgan fingerprint density at radius 1 is 1.21 bits per heavy atom. The molecule has 8 nitrogen and oxygen atoms in total. The molecule has 3 heterocycles. The molecule has 2 N–H and O–H groups in total. The van der Waals surface area contributed by atoms with Crippen molar-refractivity contribution in [1.29, 1.82) is 0 Å². The van der Waals surface area contributed by atoms with Crippen molar-refractivity contribution in [1.82, 2.24) is 19.8 Å². The van der Waals surface area contributed by atoms with Crippen molar-refractivity contribution >= 4 is 40.2 Å². The number of benzene rings is 2. The topological polar surface area (TPSA) is 84.8 Å². The summed E-state index contributed by atoms with van der Waals surface area (Å²) in [5.41, 5.74) is -1.96. The average molecular weight is 561 g/mol. The van der Waals surface area contributed by atoms with Crippen molar-refractivity contribution < 1.29 is 23.1 Å². The number of halogens is 4. The first-order valence-electron chi connectivity index (χ1n) is 12.6. The zero-order chi connectivity index (χ0) is 27.9. The van der Waals surface area contributed by atoms with Crippen LogP contribution in [0.25, 0.3) is 22.0 Å².